The van der Waals surface area contributed by atoms with Crippen LogP contribution in [-0.4, -0.2) is 29.3 Å². The maximum Gasteiger partial charge on any atom is 0.472 e. The zero-order chi connectivity index (χ0) is 9.61. The maximum atomic E-state index is 10.9. The zero-order valence-electron chi connectivity index (χ0n) is 7.27. The van der Waals surface area contributed by atoms with E-state index in [1.807, 2.05) is 6.92 Å². The second-order valence-electron chi connectivity index (χ2n) is 2.45. The third kappa shape index (κ3) is 6.76. The maximum absolute atomic E-state index is 10.9. The molecule has 6 heteroatoms. The molecule has 12 heavy (non-hydrogen) atoms. The fourth-order valence-electron chi connectivity index (χ4n) is 0.446. The van der Waals surface area contributed by atoms with Crippen LogP contribution in [0.15, 0.2) is 0 Å². The van der Waals surface area contributed by atoms with Crippen LogP contribution in [0, 0.1) is 0 Å². The number of hydrogen-bond donors (Lipinski definition) is 2. The summed E-state index contributed by atoms with van der Waals surface area (Å²) in [6.45, 7) is 3.25. The highest BCUT2D eigenvalue weighted by Crippen LogP contribution is 2.43. The van der Waals surface area contributed by atoms with Crippen LogP contribution in [0.5, 0.6) is 0 Å². The van der Waals surface area contributed by atoms with Gasteiger partial charge in [0.25, 0.3) is 0 Å². The Labute approximate surface area is 71.9 Å². The fourth-order valence-corrected chi connectivity index (χ4v) is 1.34. The predicted molar refractivity (Wildman–Crippen MR) is 43.7 cm³/mol. The van der Waals surface area contributed by atoms with Crippen molar-refractivity contribution in [3.05, 3.63) is 0 Å². The molecule has 0 spiro atoms. The first kappa shape index (κ1) is 12.1. The molecule has 0 aliphatic heterocycles. The Hall–Kier alpha value is 0.0700. The minimum atomic E-state index is -3.92. The highest BCUT2D eigenvalue weighted by atomic mass is 31.2. The highest BCUT2D eigenvalue weighted by Gasteiger charge is 2.20. The largest absolute Gasteiger partial charge is 0.472 e. The van der Waals surface area contributed by atoms with E-state index in [-0.39, 0.29) is 13.2 Å². The van der Waals surface area contributed by atoms with Crippen LogP contribution < -0.4 is 0 Å². The number of phosphoric acid groups is 1. The van der Waals surface area contributed by atoms with Crippen molar-refractivity contribution in [1.82, 2.24) is 0 Å². The third-order valence-electron chi connectivity index (χ3n) is 0.937. The van der Waals surface area contributed by atoms with E-state index in [9.17, 15) is 4.57 Å². The van der Waals surface area contributed by atoms with E-state index >= 15 is 0 Å². The normalized spacial score (nSPS) is 18.7. The first-order valence-corrected chi connectivity index (χ1v) is 5.27. The summed E-state index contributed by atoms with van der Waals surface area (Å²) in [5, 5.41) is 8.73. The van der Waals surface area contributed by atoms with Gasteiger partial charge < -0.3 is 10.00 Å². The summed E-state index contributed by atoms with van der Waals surface area (Å²) < 4.78 is 19.8. The zero-order valence-corrected chi connectivity index (χ0v) is 8.16. The lowest BCUT2D eigenvalue weighted by molar-refractivity contribution is 0.0830. The molecule has 0 saturated carbocycles. The molecule has 0 aromatic rings. The number of aliphatic hydroxyl groups excluding tert-OH is 1. The molecule has 2 N–H and O–H groups in total. The number of hydrogen-bond acceptors (Lipinski definition) is 4. The van der Waals surface area contributed by atoms with Gasteiger partial charge in [-0.15, -0.1) is 0 Å². The smallest absolute Gasteiger partial charge is 0.391 e. The summed E-state index contributed by atoms with van der Waals surface area (Å²) in [5.41, 5.74) is 0. The Bertz CT molecular complexity index is 158. The van der Waals surface area contributed by atoms with Gasteiger partial charge in [-0.2, -0.15) is 0 Å². The van der Waals surface area contributed by atoms with Crippen LogP contribution in [0.1, 0.15) is 20.3 Å². The van der Waals surface area contributed by atoms with E-state index in [0.29, 0.717) is 6.42 Å². The van der Waals surface area contributed by atoms with Gasteiger partial charge in [-0.3, -0.25) is 9.05 Å². The van der Waals surface area contributed by atoms with Gasteiger partial charge in [0.2, 0.25) is 0 Å². The first-order valence-electron chi connectivity index (χ1n) is 3.78. The average Bonchev–Trinajstić information content (AvgIpc) is 1.98. The van der Waals surface area contributed by atoms with Gasteiger partial charge in [0.15, 0.2) is 0 Å². The summed E-state index contributed by atoms with van der Waals surface area (Å²) in [6.07, 6.45) is -0.126. The van der Waals surface area contributed by atoms with E-state index in [0.717, 1.165) is 0 Å². The predicted octanol–water partition coefficient (Wildman–Crippen LogP) is 0.911. The van der Waals surface area contributed by atoms with Crippen molar-refractivity contribution >= 4 is 7.82 Å². The van der Waals surface area contributed by atoms with Gasteiger partial charge in [0.1, 0.15) is 0 Å². The van der Waals surface area contributed by atoms with Gasteiger partial charge in [-0.05, 0) is 13.3 Å². The van der Waals surface area contributed by atoms with E-state index in [1.165, 1.54) is 6.92 Å². The SMILES string of the molecule is CCCOP(=O)(O)OCC(C)O. The molecule has 0 radical (unpaired) electrons. The molecule has 0 bridgehead atoms. The van der Waals surface area contributed by atoms with Crippen molar-refractivity contribution in [2.45, 2.75) is 26.4 Å². The molecule has 74 valence electrons. The minimum absolute atomic E-state index is 0.174. The highest BCUT2D eigenvalue weighted by molar-refractivity contribution is 7.47. The van der Waals surface area contributed by atoms with E-state index in [1.54, 1.807) is 0 Å². The van der Waals surface area contributed by atoms with Crippen molar-refractivity contribution in [2.24, 2.45) is 0 Å². The number of phosphoric ester groups is 1. The number of rotatable bonds is 6. The molecule has 0 saturated heterocycles. The first-order chi connectivity index (χ1) is 5.48. The molecule has 0 fully saturated rings. The molecule has 2 atom stereocenters. The molecule has 0 heterocycles. The Kier molecular flexibility index (Phi) is 5.70. The molecule has 0 amide bonds. The van der Waals surface area contributed by atoms with Crippen molar-refractivity contribution in [3.8, 4) is 0 Å². The van der Waals surface area contributed by atoms with Crippen molar-refractivity contribution < 1.29 is 23.6 Å². The second-order valence-corrected chi connectivity index (χ2v) is 3.90. The van der Waals surface area contributed by atoms with Crippen molar-refractivity contribution in [2.75, 3.05) is 13.2 Å². The Morgan fingerprint density at radius 3 is 2.50 bits per heavy atom. The van der Waals surface area contributed by atoms with Gasteiger partial charge in [0, 0.05) is 0 Å². The van der Waals surface area contributed by atoms with Crippen LogP contribution >= 0.6 is 7.82 Å². The summed E-state index contributed by atoms with van der Waals surface area (Å²) in [4.78, 5) is 8.89. The van der Waals surface area contributed by atoms with Crippen LogP contribution in [0.2, 0.25) is 0 Å². The lowest BCUT2D eigenvalue weighted by Gasteiger charge is -2.12. The topological polar surface area (TPSA) is 76.0 Å². The van der Waals surface area contributed by atoms with Crippen LogP contribution in [0.25, 0.3) is 0 Å². The molecule has 0 aliphatic rings. The Balaban J connectivity index is 3.64. The molecular formula is C6H15O5P. The van der Waals surface area contributed by atoms with Crippen molar-refractivity contribution in [3.63, 3.8) is 0 Å². The lowest BCUT2D eigenvalue weighted by Crippen LogP contribution is -2.10. The monoisotopic (exact) mass is 198 g/mol. The summed E-state index contributed by atoms with van der Waals surface area (Å²) in [6, 6.07) is 0. The van der Waals surface area contributed by atoms with Gasteiger partial charge in [-0.25, -0.2) is 4.57 Å². The molecule has 0 aliphatic carbocycles. The second kappa shape index (κ2) is 5.67. The third-order valence-corrected chi connectivity index (χ3v) is 1.92. The van der Waals surface area contributed by atoms with E-state index < -0.39 is 13.9 Å². The van der Waals surface area contributed by atoms with Gasteiger partial charge in [0.05, 0.1) is 19.3 Å². The standard InChI is InChI=1S/C6H15O5P/c1-3-4-10-12(8,9)11-5-6(2)7/h6-7H,3-5H2,1-2H3,(H,8,9). The molecule has 5 nitrogen and oxygen atoms in total. The van der Waals surface area contributed by atoms with E-state index in [2.05, 4.69) is 9.05 Å². The van der Waals surface area contributed by atoms with Crippen LogP contribution in [0.3, 0.4) is 0 Å². The molecule has 0 rings (SSSR count). The van der Waals surface area contributed by atoms with Gasteiger partial charge >= 0.3 is 7.82 Å². The number of aliphatic hydroxyl groups is 1. The minimum Gasteiger partial charge on any atom is -0.391 e. The summed E-state index contributed by atoms with van der Waals surface area (Å²) >= 11 is 0. The fraction of sp³-hybridized carbons (Fsp3) is 1.00. The molecule has 2 unspecified atom stereocenters. The Morgan fingerprint density at radius 2 is 2.08 bits per heavy atom. The lowest BCUT2D eigenvalue weighted by atomic mass is 10.5. The van der Waals surface area contributed by atoms with Crippen molar-refractivity contribution in [1.29, 1.82) is 0 Å². The van der Waals surface area contributed by atoms with Crippen LogP contribution in [-0.2, 0) is 13.6 Å². The van der Waals surface area contributed by atoms with Gasteiger partial charge in [-0.1, -0.05) is 6.92 Å². The Morgan fingerprint density at radius 1 is 1.50 bits per heavy atom. The summed E-state index contributed by atoms with van der Waals surface area (Å²) in [5.74, 6) is 0. The molecule has 0 aromatic heterocycles. The summed E-state index contributed by atoms with van der Waals surface area (Å²) in [7, 11) is -3.92. The average molecular weight is 198 g/mol. The molecular weight excluding hydrogens is 183 g/mol. The quantitative estimate of drug-likeness (QED) is 0.620. The van der Waals surface area contributed by atoms with Crippen LogP contribution in [0.4, 0.5) is 0 Å². The van der Waals surface area contributed by atoms with E-state index in [4.69, 9.17) is 10.00 Å². The molecule has 0 aromatic carbocycles.